The van der Waals surface area contributed by atoms with Crippen molar-refractivity contribution in [1.82, 2.24) is 19.9 Å². The van der Waals surface area contributed by atoms with Crippen LogP contribution in [0.1, 0.15) is 71.4 Å². The fourth-order valence-corrected chi connectivity index (χ4v) is 7.73. The molecule has 3 aliphatic rings. The van der Waals surface area contributed by atoms with Gasteiger partial charge in [0.25, 0.3) is 5.56 Å². The molecule has 182 valence electrons. The van der Waals surface area contributed by atoms with Crippen molar-refractivity contribution in [2.75, 3.05) is 12.4 Å². The Kier molecular flexibility index (Phi) is 5.28. The molecule has 0 aromatic carbocycles. The average Bonchev–Trinajstić information content (AvgIpc) is 3.37. The molecule has 1 aliphatic heterocycles. The highest BCUT2D eigenvalue weighted by atomic mass is 32.1. The van der Waals surface area contributed by atoms with Gasteiger partial charge in [0.15, 0.2) is 5.78 Å². The van der Waals surface area contributed by atoms with Crippen LogP contribution in [0.4, 0.5) is 11.5 Å². The highest BCUT2D eigenvalue weighted by molar-refractivity contribution is 7.19. The summed E-state index contributed by atoms with van der Waals surface area (Å²) in [6.07, 6.45) is 9.17. The summed E-state index contributed by atoms with van der Waals surface area (Å²) in [6.45, 7) is 1.91. The number of nitrogens with zero attached hydrogens (tertiary/aromatic N) is 3. The van der Waals surface area contributed by atoms with E-state index in [0.717, 1.165) is 65.6 Å². The Balaban J connectivity index is 1.43. The molecule has 1 fully saturated rings. The van der Waals surface area contributed by atoms with Crippen molar-refractivity contribution < 1.29 is 9.59 Å². The van der Waals surface area contributed by atoms with Crippen LogP contribution in [0.2, 0.25) is 0 Å². The molecule has 1 atom stereocenters. The molecule has 0 bridgehead atoms. The second kappa shape index (κ2) is 8.26. The van der Waals surface area contributed by atoms with Gasteiger partial charge in [0, 0.05) is 24.3 Å². The van der Waals surface area contributed by atoms with E-state index < -0.39 is 0 Å². The lowest BCUT2D eigenvalue weighted by Gasteiger charge is -2.35. The van der Waals surface area contributed by atoms with Crippen molar-refractivity contribution in [2.45, 2.75) is 70.3 Å². The molecule has 4 heterocycles. The van der Waals surface area contributed by atoms with E-state index in [1.807, 2.05) is 11.5 Å². The zero-order chi connectivity index (χ0) is 24.3. The number of carbonyl (C=O) groups excluding carboxylic acids is 2. The molecule has 0 unspecified atom stereocenters. The van der Waals surface area contributed by atoms with Gasteiger partial charge in [-0.25, -0.2) is 9.97 Å². The van der Waals surface area contributed by atoms with Crippen molar-refractivity contribution >= 4 is 44.7 Å². The van der Waals surface area contributed by atoms with Crippen LogP contribution >= 0.6 is 11.3 Å². The summed E-state index contributed by atoms with van der Waals surface area (Å²) in [5, 5.41) is 7.04. The summed E-state index contributed by atoms with van der Waals surface area (Å²) in [6, 6.07) is 1.79. The minimum Gasteiger partial charge on any atom is -0.359 e. The average molecular weight is 492 g/mol. The molecule has 0 radical (unpaired) electrons. The van der Waals surface area contributed by atoms with Crippen LogP contribution in [0.15, 0.2) is 17.2 Å². The first-order valence-corrected chi connectivity index (χ1v) is 13.3. The summed E-state index contributed by atoms with van der Waals surface area (Å²) in [7, 11) is 1.68. The maximum atomic E-state index is 13.8. The zero-order valence-corrected chi connectivity index (χ0v) is 20.9. The summed E-state index contributed by atoms with van der Waals surface area (Å²) in [4.78, 5) is 50.0. The number of aryl methyl sites for hydroxylation is 2. The molecular formula is C26H29N5O3S. The number of fused-ring (bicyclic) bond motifs is 5. The Labute approximate surface area is 207 Å². The predicted molar refractivity (Wildman–Crippen MR) is 136 cm³/mol. The molecule has 2 aliphatic carbocycles. The third kappa shape index (κ3) is 3.43. The Bertz CT molecular complexity index is 1430. The summed E-state index contributed by atoms with van der Waals surface area (Å²) in [5.74, 6) is 0.739. The topological polar surface area (TPSA) is 106 Å². The van der Waals surface area contributed by atoms with E-state index in [-0.39, 0.29) is 28.7 Å². The summed E-state index contributed by atoms with van der Waals surface area (Å²) in [5.41, 5.74) is 2.49. The highest BCUT2D eigenvalue weighted by Gasteiger charge is 2.45. The van der Waals surface area contributed by atoms with Crippen LogP contribution in [-0.4, -0.2) is 33.3 Å². The van der Waals surface area contributed by atoms with Gasteiger partial charge in [-0.05, 0) is 56.2 Å². The predicted octanol–water partition coefficient (Wildman–Crippen LogP) is 4.00. The van der Waals surface area contributed by atoms with Gasteiger partial charge in [0.05, 0.1) is 16.6 Å². The number of pyridine rings is 1. The number of hydrogen-bond acceptors (Lipinski definition) is 7. The van der Waals surface area contributed by atoms with Crippen molar-refractivity contribution in [2.24, 2.45) is 5.92 Å². The number of nitrogens with one attached hydrogen (secondary N) is 2. The fourth-order valence-electron chi connectivity index (χ4n) is 6.46. The third-order valence-corrected chi connectivity index (χ3v) is 9.28. The lowest BCUT2D eigenvalue weighted by atomic mass is 9.80. The lowest BCUT2D eigenvalue weighted by molar-refractivity contribution is -0.124. The maximum absolute atomic E-state index is 13.8. The van der Waals surface area contributed by atoms with E-state index in [4.69, 9.17) is 0 Å². The Morgan fingerprint density at radius 2 is 2.00 bits per heavy atom. The van der Waals surface area contributed by atoms with Crippen LogP contribution in [0.25, 0.3) is 10.2 Å². The quantitative estimate of drug-likeness (QED) is 0.574. The fraction of sp³-hybridized carbons (Fsp3) is 0.500. The number of aromatic nitrogens is 3. The van der Waals surface area contributed by atoms with E-state index >= 15 is 0 Å². The van der Waals surface area contributed by atoms with E-state index in [0.29, 0.717) is 30.0 Å². The van der Waals surface area contributed by atoms with Gasteiger partial charge in [-0.3, -0.25) is 19.0 Å². The maximum Gasteiger partial charge on any atom is 0.275 e. The third-order valence-electron chi connectivity index (χ3n) is 8.12. The number of ketones is 1. The molecule has 8 nitrogen and oxygen atoms in total. The van der Waals surface area contributed by atoms with Crippen LogP contribution in [-0.2, 0) is 23.2 Å². The van der Waals surface area contributed by atoms with Gasteiger partial charge in [0.1, 0.15) is 22.7 Å². The minimum absolute atomic E-state index is 0.0295. The first kappa shape index (κ1) is 22.4. The molecule has 6 rings (SSSR count). The second-order valence-corrected chi connectivity index (χ2v) is 11.3. The Hall–Kier alpha value is -3.07. The van der Waals surface area contributed by atoms with Crippen LogP contribution in [0.5, 0.6) is 0 Å². The number of hydrogen-bond donors (Lipinski definition) is 2. The lowest BCUT2D eigenvalue weighted by Crippen LogP contribution is -2.40. The van der Waals surface area contributed by atoms with Gasteiger partial charge in [-0.2, -0.15) is 0 Å². The van der Waals surface area contributed by atoms with Gasteiger partial charge < -0.3 is 10.6 Å². The molecule has 3 aromatic rings. The monoisotopic (exact) mass is 491 g/mol. The molecule has 1 amide bonds. The molecule has 3 aromatic heterocycles. The Morgan fingerprint density at radius 1 is 1.20 bits per heavy atom. The van der Waals surface area contributed by atoms with Crippen molar-refractivity contribution in [3.63, 3.8) is 0 Å². The zero-order valence-electron chi connectivity index (χ0n) is 20.1. The molecule has 2 N–H and O–H groups in total. The number of carbonyl (C=O) groups is 2. The molecule has 0 saturated heterocycles. The largest absolute Gasteiger partial charge is 0.359 e. The molecule has 1 saturated carbocycles. The number of thiophene rings is 1. The minimum atomic E-state index is -0.387. The smallest absolute Gasteiger partial charge is 0.275 e. The second-order valence-electron chi connectivity index (χ2n) is 10.2. The van der Waals surface area contributed by atoms with E-state index in [1.54, 1.807) is 24.5 Å². The molecule has 35 heavy (non-hydrogen) atoms. The van der Waals surface area contributed by atoms with E-state index in [1.165, 1.54) is 11.9 Å². The standard InChI is InChI=1S/C26H29N5O3S/c1-14-10-17(25(34)31-21(14)18(32)12-26(31)8-4-3-5-9-26)30-22-20-16-7-6-15(23(33)27-2)11-19(16)35-24(20)29-13-28-22/h10,13,15H,3-9,11-12H2,1-2H3,(H,27,33)(H,28,29,30)/t15-/m0/s1. The molecular weight excluding hydrogens is 462 g/mol. The highest BCUT2D eigenvalue weighted by Crippen LogP contribution is 2.44. The van der Waals surface area contributed by atoms with Crippen molar-refractivity contribution in [3.8, 4) is 0 Å². The van der Waals surface area contributed by atoms with Gasteiger partial charge >= 0.3 is 0 Å². The number of amides is 1. The molecule has 9 heteroatoms. The number of anilines is 2. The van der Waals surface area contributed by atoms with E-state index in [2.05, 4.69) is 20.6 Å². The molecule has 1 spiro atoms. The van der Waals surface area contributed by atoms with Crippen molar-refractivity contribution in [3.05, 3.63) is 44.4 Å². The Morgan fingerprint density at radius 3 is 2.77 bits per heavy atom. The summed E-state index contributed by atoms with van der Waals surface area (Å²) < 4.78 is 1.81. The van der Waals surface area contributed by atoms with Gasteiger partial charge in [-0.15, -0.1) is 11.3 Å². The van der Waals surface area contributed by atoms with Crippen LogP contribution in [0, 0.1) is 12.8 Å². The first-order chi connectivity index (χ1) is 16.9. The first-order valence-electron chi connectivity index (χ1n) is 12.5. The SMILES string of the molecule is CNC(=O)[C@H]1CCc2c(sc3ncnc(Nc4cc(C)c5n(c4=O)C4(CCCCC4)CC5=O)c23)C1. The van der Waals surface area contributed by atoms with Crippen LogP contribution < -0.4 is 16.2 Å². The number of Topliss-reactive ketones (excluding diaryl/α,β-unsaturated/α-hetero) is 1. The van der Waals surface area contributed by atoms with Crippen molar-refractivity contribution in [1.29, 1.82) is 0 Å². The van der Waals surface area contributed by atoms with E-state index in [9.17, 15) is 14.4 Å². The number of rotatable bonds is 3. The normalized spacial score (nSPS) is 20.6. The summed E-state index contributed by atoms with van der Waals surface area (Å²) >= 11 is 1.60. The van der Waals surface area contributed by atoms with Crippen LogP contribution in [0.3, 0.4) is 0 Å². The van der Waals surface area contributed by atoms with Gasteiger partial charge in [-0.1, -0.05) is 19.3 Å². The van der Waals surface area contributed by atoms with Gasteiger partial charge in [0.2, 0.25) is 5.91 Å².